The number of nitrogens with zero attached hydrogens (tertiary/aromatic N) is 3. The first-order valence-electron chi connectivity index (χ1n) is 11.8. The fourth-order valence-corrected chi connectivity index (χ4v) is 3.29. The van der Waals surface area contributed by atoms with Gasteiger partial charge in [-0.05, 0) is 42.4 Å². The molecule has 0 radical (unpaired) electrons. The van der Waals surface area contributed by atoms with Crippen molar-refractivity contribution >= 4 is 17.5 Å². The first-order chi connectivity index (χ1) is 16.0. The van der Waals surface area contributed by atoms with Gasteiger partial charge in [0.25, 0.3) is 0 Å². The number of hydrogen-bond acceptors (Lipinski definition) is 6. The van der Waals surface area contributed by atoms with Gasteiger partial charge in [-0.15, -0.1) is 0 Å². The van der Waals surface area contributed by atoms with Crippen molar-refractivity contribution < 1.29 is 19.0 Å². The summed E-state index contributed by atoms with van der Waals surface area (Å²) in [6, 6.07) is 12.0. The zero-order chi connectivity index (χ0) is 25.5. The van der Waals surface area contributed by atoms with E-state index in [4.69, 9.17) is 14.2 Å². The smallest absolute Gasteiger partial charge is 0.451 e. The molecule has 7 heteroatoms. The number of carbonyl (C=O) groups excluding carboxylic acids is 1. The van der Waals surface area contributed by atoms with E-state index in [1.807, 2.05) is 58.0 Å². The second-order valence-electron chi connectivity index (χ2n) is 9.51. The van der Waals surface area contributed by atoms with Crippen LogP contribution in [0, 0.1) is 24.2 Å². The van der Waals surface area contributed by atoms with Crippen molar-refractivity contribution in [2.45, 2.75) is 80.1 Å². The molecule has 0 fully saturated rings. The van der Waals surface area contributed by atoms with E-state index in [9.17, 15) is 10.1 Å². The van der Waals surface area contributed by atoms with Crippen molar-refractivity contribution in [3.8, 4) is 6.07 Å². The Balaban J connectivity index is 2.44. The summed E-state index contributed by atoms with van der Waals surface area (Å²) in [4.78, 5) is 12.1. The largest absolute Gasteiger partial charge is 0.511 e. The first kappa shape index (κ1) is 27.0. The molecule has 0 N–H and O–H groups in total. The lowest BCUT2D eigenvalue weighted by Crippen LogP contribution is -2.21. The van der Waals surface area contributed by atoms with Crippen LogP contribution in [0.1, 0.15) is 77.4 Å². The molecule has 1 heterocycles. The molecular weight excluding hydrogens is 430 g/mol. The topological polar surface area (TPSA) is 86.4 Å². The van der Waals surface area contributed by atoms with Crippen molar-refractivity contribution in [2.24, 2.45) is 5.92 Å². The molecule has 2 atom stereocenters. The van der Waals surface area contributed by atoms with Crippen molar-refractivity contribution in [1.82, 2.24) is 9.78 Å². The fraction of sp³-hybridized carbons (Fsp3) is 0.519. The molecule has 2 rings (SSSR count). The van der Waals surface area contributed by atoms with Crippen LogP contribution in [-0.2, 0) is 26.2 Å². The number of nitriles is 1. The number of carbonyl (C=O) groups is 1. The third-order valence-corrected chi connectivity index (χ3v) is 5.54. The molecule has 1 aromatic heterocycles. The molecule has 1 aromatic carbocycles. The zero-order valence-corrected chi connectivity index (χ0v) is 21.6. The highest BCUT2D eigenvalue weighted by Crippen LogP contribution is 2.31. The second-order valence-corrected chi connectivity index (χ2v) is 9.51. The number of aryl methyl sites for hydroxylation is 2. The van der Waals surface area contributed by atoms with Crippen LogP contribution in [0.2, 0.25) is 0 Å². The van der Waals surface area contributed by atoms with E-state index in [1.165, 1.54) is 0 Å². The van der Waals surface area contributed by atoms with E-state index >= 15 is 0 Å². The van der Waals surface area contributed by atoms with E-state index in [0.717, 1.165) is 17.7 Å². The van der Waals surface area contributed by atoms with Gasteiger partial charge >= 0.3 is 6.16 Å². The van der Waals surface area contributed by atoms with Gasteiger partial charge in [0.1, 0.15) is 17.3 Å². The maximum absolute atomic E-state index is 12.1. The Hall–Kier alpha value is -3.27. The lowest BCUT2D eigenvalue weighted by molar-refractivity contribution is -0.0694. The second kappa shape index (κ2) is 11.7. The Morgan fingerprint density at radius 3 is 2.32 bits per heavy atom. The number of benzene rings is 1. The molecule has 0 amide bonds. The van der Waals surface area contributed by atoms with Gasteiger partial charge < -0.3 is 14.2 Å². The van der Waals surface area contributed by atoms with Crippen molar-refractivity contribution in [3.05, 3.63) is 52.8 Å². The highest BCUT2D eigenvalue weighted by molar-refractivity contribution is 5.94. The SMILES string of the molecule is CCC(C)COC(=O)OC(C)O/C(=C(/C#N)c1ccc(C(C)(C)C)cc1)c1cc(C)nn1CC. The zero-order valence-electron chi connectivity index (χ0n) is 21.6. The quantitative estimate of drug-likeness (QED) is 0.182. The Morgan fingerprint density at radius 1 is 1.15 bits per heavy atom. The summed E-state index contributed by atoms with van der Waals surface area (Å²) in [5, 5.41) is 14.6. The van der Waals surface area contributed by atoms with Crippen LogP contribution in [0.4, 0.5) is 4.79 Å². The minimum atomic E-state index is -0.975. The first-order valence-corrected chi connectivity index (χ1v) is 11.8. The number of hydrogen-bond donors (Lipinski definition) is 0. The molecule has 0 saturated carbocycles. The summed E-state index contributed by atoms with van der Waals surface area (Å²) in [6.45, 7) is 16.7. The van der Waals surface area contributed by atoms with Crippen LogP contribution in [0.3, 0.4) is 0 Å². The lowest BCUT2D eigenvalue weighted by Gasteiger charge is -2.21. The predicted molar refractivity (Wildman–Crippen MR) is 133 cm³/mol. The minimum absolute atomic E-state index is 0.00961. The number of ether oxygens (including phenoxy) is 3. The monoisotopic (exact) mass is 467 g/mol. The Labute approximate surface area is 203 Å². The third-order valence-electron chi connectivity index (χ3n) is 5.54. The molecule has 7 nitrogen and oxygen atoms in total. The van der Waals surface area contributed by atoms with E-state index < -0.39 is 12.4 Å². The molecule has 34 heavy (non-hydrogen) atoms. The van der Waals surface area contributed by atoms with Crippen molar-refractivity contribution in [2.75, 3.05) is 6.61 Å². The minimum Gasteiger partial charge on any atom is -0.451 e. The standard InChI is InChI=1S/C27H37N3O4/c1-9-18(3)17-32-26(31)34-20(5)33-25(24-15-19(4)29-30(24)10-2)23(16-28)21-11-13-22(14-12-21)27(6,7)8/h11-15,18,20H,9-10,17H2,1-8H3/b25-23-. The van der Waals surface area contributed by atoms with Crippen LogP contribution in [-0.4, -0.2) is 28.8 Å². The molecular formula is C27H37N3O4. The van der Waals surface area contributed by atoms with E-state index in [2.05, 4.69) is 31.9 Å². The molecule has 0 aliphatic rings. The molecule has 0 aliphatic heterocycles. The average molecular weight is 468 g/mol. The predicted octanol–water partition coefficient (Wildman–Crippen LogP) is 6.46. The number of allylic oxidation sites excluding steroid dienone is 1. The van der Waals surface area contributed by atoms with E-state index in [-0.39, 0.29) is 17.9 Å². The van der Waals surface area contributed by atoms with Gasteiger partial charge in [0.15, 0.2) is 5.76 Å². The number of aromatic nitrogens is 2. The van der Waals surface area contributed by atoms with Crippen LogP contribution in [0.5, 0.6) is 0 Å². The van der Waals surface area contributed by atoms with Crippen molar-refractivity contribution in [1.29, 1.82) is 5.26 Å². The van der Waals surface area contributed by atoms with Crippen LogP contribution in [0.25, 0.3) is 11.3 Å². The average Bonchev–Trinajstić information content (AvgIpc) is 3.17. The Kier molecular flexibility index (Phi) is 9.31. The van der Waals surface area contributed by atoms with Gasteiger partial charge in [-0.1, -0.05) is 65.3 Å². The molecule has 0 bridgehead atoms. The third kappa shape index (κ3) is 7.11. The van der Waals surface area contributed by atoms with Gasteiger partial charge in [-0.2, -0.15) is 10.4 Å². The summed E-state index contributed by atoms with van der Waals surface area (Å²) in [6.07, 6.45) is -0.885. The maximum atomic E-state index is 12.1. The molecule has 0 saturated heterocycles. The molecule has 184 valence electrons. The summed E-state index contributed by atoms with van der Waals surface area (Å²) < 4.78 is 18.3. The summed E-state index contributed by atoms with van der Waals surface area (Å²) >= 11 is 0. The summed E-state index contributed by atoms with van der Waals surface area (Å²) in [7, 11) is 0. The molecule has 2 unspecified atom stereocenters. The molecule has 2 aromatic rings. The molecule has 0 spiro atoms. The number of rotatable bonds is 9. The van der Waals surface area contributed by atoms with Gasteiger partial charge in [0, 0.05) is 13.5 Å². The van der Waals surface area contributed by atoms with Crippen LogP contribution in [0.15, 0.2) is 30.3 Å². The normalized spacial score (nSPS) is 14.0. The van der Waals surface area contributed by atoms with Gasteiger partial charge in [-0.3, -0.25) is 4.68 Å². The van der Waals surface area contributed by atoms with Gasteiger partial charge in [0.2, 0.25) is 6.29 Å². The Bertz CT molecular complexity index is 1040. The molecule has 0 aliphatic carbocycles. The van der Waals surface area contributed by atoms with Crippen molar-refractivity contribution in [3.63, 3.8) is 0 Å². The summed E-state index contributed by atoms with van der Waals surface area (Å²) in [5.74, 6) is 0.540. The summed E-state index contributed by atoms with van der Waals surface area (Å²) in [5.41, 5.74) is 3.62. The van der Waals surface area contributed by atoms with E-state index in [0.29, 0.717) is 29.1 Å². The lowest BCUT2D eigenvalue weighted by atomic mass is 9.86. The fourth-order valence-electron chi connectivity index (χ4n) is 3.29. The van der Waals surface area contributed by atoms with Gasteiger partial charge in [0.05, 0.1) is 12.3 Å². The Morgan fingerprint density at radius 2 is 1.79 bits per heavy atom. The highest BCUT2D eigenvalue weighted by Gasteiger charge is 2.23. The van der Waals surface area contributed by atoms with Gasteiger partial charge in [-0.25, -0.2) is 4.79 Å². The van der Waals surface area contributed by atoms with Crippen LogP contribution < -0.4 is 0 Å². The highest BCUT2D eigenvalue weighted by atomic mass is 16.8. The van der Waals surface area contributed by atoms with E-state index in [1.54, 1.807) is 11.6 Å². The maximum Gasteiger partial charge on any atom is 0.511 e. The van der Waals surface area contributed by atoms with Crippen LogP contribution >= 0.6 is 0 Å².